The zero-order chi connectivity index (χ0) is 20.5. The van der Waals surface area contributed by atoms with Crippen molar-refractivity contribution in [2.24, 2.45) is 0 Å². The number of fused-ring (bicyclic) bond motifs is 6. The SMILES string of the molecule is Cl.[CH3][Ti]([CH3])(=[SiH2])([c]1cccc2c1Cc1ccccc1-2)[c]1cccc2c1Cc1ccccc1-2. The van der Waals surface area contributed by atoms with Gasteiger partial charge in [-0.2, -0.15) is 0 Å². The first-order chi connectivity index (χ1) is 14.4. The Hall–Kier alpha value is -1.90. The Bertz CT molecular complexity index is 1320. The molecule has 0 bridgehead atoms. The van der Waals surface area contributed by atoms with Crippen LogP contribution in [0.3, 0.4) is 0 Å². The van der Waals surface area contributed by atoms with Crippen LogP contribution in [0.5, 0.6) is 0 Å². The van der Waals surface area contributed by atoms with Crippen LogP contribution in [-0.4, -0.2) is 7.63 Å². The van der Waals surface area contributed by atoms with Crippen LogP contribution in [0.1, 0.15) is 22.3 Å². The summed E-state index contributed by atoms with van der Waals surface area (Å²) in [6.45, 7) is 0. The van der Waals surface area contributed by atoms with E-state index in [-0.39, 0.29) is 12.4 Å². The van der Waals surface area contributed by atoms with Gasteiger partial charge in [-0.25, -0.2) is 0 Å². The Labute approximate surface area is 193 Å². The van der Waals surface area contributed by atoms with Gasteiger partial charge in [0.2, 0.25) is 0 Å². The summed E-state index contributed by atoms with van der Waals surface area (Å²) in [5.74, 6) is 0. The van der Waals surface area contributed by atoms with Crippen molar-refractivity contribution in [2.45, 2.75) is 23.3 Å². The second-order valence-electron chi connectivity index (χ2n) is 10.0. The van der Waals surface area contributed by atoms with Crippen molar-refractivity contribution in [2.75, 3.05) is 0 Å². The molecule has 0 amide bonds. The fraction of sp³-hybridized carbons (Fsp3) is 0.143. The molecule has 0 spiro atoms. The van der Waals surface area contributed by atoms with Crippen LogP contribution < -0.4 is 7.74 Å². The van der Waals surface area contributed by atoms with Gasteiger partial charge in [0, 0.05) is 0 Å². The van der Waals surface area contributed by atoms with Crippen LogP contribution in [0.25, 0.3) is 22.3 Å². The van der Waals surface area contributed by atoms with E-state index in [1.807, 2.05) is 0 Å². The molecule has 0 N–H and O–H groups in total. The monoisotopic (exact) mass is 474 g/mol. The van der Waals surface area contributed by atoms with Gasteiger partial charge < -0.3 is 0 Å². The topological polar surface area (TPSA) is 0 Å². The van der Waals surface area contributed by atoms with Crippen LogP contribution in [-0.2, 0) is 26.9 Å². The molecule has 0 radical (unpaired) electrons. The van der Waals surface area contributed by atoms with Crippen molar-refractivity contribution in [3.05, 3.63) is 107 Å². The van der Waals surface area contributed by atoms with E-state index in [0.717, 1.165) is 12.8 Å². The first kappa shape index (κ1) is 21.0. The molecule has 0 saturated heterocycles. The predicted molar refractivity (Wildman–Crippen MR) is 136 cm³/mol. The summed E-state index contributed by atoms with van der Waals surface area (Å²) in [4.78, 5) is 0. The molecule has 2 aliphatic carbocycles. The molecule has 2 aliphatic rings. The predicted octanol–water partition coefficient (Wildman–Crippen LogP) is 5.54. The van der Waals surface area contributed by atoms with Gasteiger partial charge in [0.05, 0.1) is 0 Å². The molecule has 154 valence electrons. The maximum atomic E-state index is 2.63. The quantitative estimate of drug-likeness (QED) is 0.289. The Morgan fingerprint density at radius 2 is 0.935 bits per heavy atom. The molecule has 31 heavy (non-hydrogen) atoms. The van der Waals surface area contributed by atoms with Crippen molar-refractivity contribution in [1.29, 1.82) is 0 Å². The van der Waals surface area contributed by atoms with Crippen LogP contribution in [0.4, 0.5) is 0 Å². The van der Waals surface area contributed by atoms with Gasteiger partial charge in [-0.3, -0.25) is 0 Å². The minimum atomic E-state index is -3.18. The summed E-state index contributed by atoms with van der Waals surface area (Å²) in [5.41, 5.74) is 11.9. The molecular formula is C28H27ClSiTi. The van der Waals surface area contributed by atoms with Gasteiger partial charge in [-0.15, -0.1) is 12.4 Å². The Morgan fingerprint density at radius 3 is 1.39 bits per heavy atom. The third-order valence-electron chi connectivity index (χ3n) is 7.43. The number of hydrogen-bond donors (Lipinski definition) is 0. The van der Waals surface area contributed by atoms with Crippen molar-refractivity contribution >= 4 is 27.8 Å². The summed E-state index contributed by atoms with van der Waals surface area (Å²) in [7, 11) is 2.34. The molecule has 0 unspecified atom stereocenters. The molecule has 0 nitrogen and oxygen atoms in total. The van der Waals surface area contributed by atoms with Crippen LogP contribution in [0.15, 0.2) is 84.9 Å². The number of benzene rings is 4. The van der Waals surface area contributed by atoms with Crippen LogP contribution >= 0.6 is 12.4 Å². The van der Waals surface area contributed by atoms with Gasteiger partial charge in [-0.05, 0) is 0 Å². The summed E-state index contributed by atoms with van der Waals surface area (Å²) >= 11 is -3.18. The van der Waals surface area contributed by atoms with Gasteiger partial charge >= 0.3 is 182 Å². The third kappa shape index (κ3) is 2.98. The molecule has 0 heterocycles. The van der Waals surface area contributed by atoms with E-state index in [9.17, 15) is 0 Å². The van der Waals surface area contributed by atoms with Crippen LogP contribution in [0.2, 0.25) is 10.5 Å². The Morgan fingerprint density at radius 1 is 0.548 bits per heavy atom. The summed E-state index contributed by atoms with van der Waals surface area (Å²) in [6.07, 6.45) is 2.16. The molecule has 0 aromatic heterocycles. The molecule has 0 saturated carbocycles. The Balaban J connectivity index is 0.00000204. The second kappa shape index (κ2) is 7.05. The molecule has 0 atom stereocenters. The van der Waals surface area contributed by atoms with Crippen molar-refractivity contribution in [3.63, 3.8) is 0 Å². The number of rotatable bonds is 2. The second-order valence-corrected chi connectivity index (χ2v) is 28.8. The molecular weight excluding hydrogens is 448 g/mol. The molecule has 3 heteroatoms. The average Bonchev–Trinajstić information content (AvgIpc) is 3.31. The van der Waals surface area contributed by atoms with Crippen molar-refractivity contribution in [1.82, 2.24) is 0 Å². The zero-order valence-electron chi connectivity index (χ0n) is 18.1. The van der Waals surface area contributed by atoms with E-state index < -0.39 is 14.0 Å². The molecule has 4 aromatic carbocycles. The fourth-order valence-electron chi connectivity index (χ4n) is 5.96. The number of halogens is 1. The summed E-state index contributed by atoms with van der Waals surface area (Å²) in [5, 5.41) is 5.26. The summed E-state index contributed by atoms with van der Waals surface area (Å²) in [6, 6.07) is 32.1. The van der Waals surface area contributed by atoms with E-state index in [1.54, 1.807) is 18.9 Å². The summed E-state index contributed by atoms with van der Waals surface area (Å²) < 4.78 is 3.31. The number of hydrogen-bond acceptors (Lipinski definition) is 0. The molecule has 0 fully saturated rings. The fourth-order valence-corrected chi connectivity index (χ4v) is 14.8. The van der Waals surface area contributed by atoms with E-state index in [0.29, 0.717) is 0 Å². The molecule has 6 rings (SSSR count). The van der Waals surface area contributed by atoms with Gasteiger partial charge in [0.15, 0.2) is 0 Å². The normalized spacial score (nSPS) is 13.6. The molecule has 0 aliphatic heterocycles. The van der Waals surface area contributed by atoms with E-state index in [2.05, 4.69) is 103 Å². The van der Waals surface area contributed by atoms with E-state index in [4.69, 9.17) is 0 Å². The van der Waals surface area contributed by atoms with E-state index >= 15 is 0 Å². The Kier molecular flexibility index (Phi) is 4.77. The maximum absolute atomic E-state index is 3.18. The first-order valence-corrected chi connectivity index (χ1v) is 19.6. The van der Waals surface area contributed by atoms with Gasteiger partial charge in [-0.1, -0.05) is 0 Å². The third-order valence-corrected chi connectivity index (χ3v) is 17.4. The van der Waals surface area contributed by atoms with Crippen molar-refractivity contribution in [3.8, 4) is 22.3 Å². The van der Waals surface area contributed by atoms with E-state index in [1.165, 1.54) is 33.4 Å². The first-order valence-electron chi connectivity index (χ1n) is 10.9. The molecule has 4 aromatic rings. The standard InChI is InChI=1S/2C13H9.2CH3.ClH.H2Si.Ti/c2*1-3-7-12-10(5-1)9-11-6-2-4-8-13(11)12;;;;;/h2*1-5,7-8H,9H2;2*1H3;1H;1H2;. The minimum absolute atomic E-state index is 0. The zero-order valence-corrected chi connectivity index (χ0v) is 21.9. The average molecular weight is 475 g/mol. The van der Waals surface area contributed by atoms with Crippen LogP contribution in [0, 0.1) is 0 Å². The van der Waals surface area contributed by atoms with Crippen molar-refractivity contribution < 1.29 is 14.0 Å². The van der Waals surface area contributed by atoms with Gasteiger partial charge in [0.25, 0.3) is 0 Å². The van der Waals surface area contributed by atoms with Gasteiger partial charge in [0.1, 0.15) is 0 Å².